The molecule has 0 radical (unpaired) electrons. The van der Waals surface area contributed by atoms with Crippen molar-refractivity contribution in [3.63, 3.8) is 0 Å². The van der Waals surface area contributed by atoms with Crippen LogP contribution in [0.15, 0.2) is 12.3 Å². The van der Waals surface area contributed by atoms with E-state index in [9.17, 15) is 0 Å². The van der Waals surface area contributed by atoms with Crippen molar-refractivity contribution in [3.05, 3.63) is 12.3 Å². The van der Waals surface area contributed by atoms with Crippen molar-refractivity contribution in [2.75, 3.05) is 32.2 Å². The highest BCUT2D eigenvalue weighted by atomic mass is 32.1. The van der Waals surface area contributed by atoms with E-state index < -0.39 is 8.80 Å². The molecule has 0 saturated carbocycles. The lowest BCUT2D eigenvalue weighted by Crippen LogP contribution is -2.46. The third-order valence-electron chi connectivity index (χ3n) is 2.14. The molecular weight excluding hydrogens is 268 g/mol. The Morgan fingerprint density at radius 3 is 2.00 bits per heavy atom. The lowest BCUT2D eigenvalue weighted by molar-refractivity contribution is 0.0690. The molecule has 4 nitrogen and oxygen atoms in total. The Morgan fingerprint density at radius 2 is 1.56 bits per heavy atom. The summed E-state index contributed by atoms with van der Waals surface area (Å²) in [6.07, 6.45) is 4.41. The number of hydrogen-bond donors (Lipinski definition) is 1. The van der Waals surface area contributed by atoms with E-state index in [2.05, 4.69) is 12.6 Å². The van der Waals surface area contributed by atoms with E-state index in [1.165, 1.54) is 0 Å². The summed E-state index contributed by atoms with van der Waals surface area (Å²) >= 11 is 4.05. The summed E-state index contributed by atoms with van der Waals surface area (Å²) in [5.74, 6) is 0.690. The highest BCUT2D eigenvalue weighted by Crippen LogP contribution is 2.18. The Bertz CT molecular complexity index is 197. The van der Waals surface area contributed by atoms with Gasteiger partial charge in [0.15, 0.2) is 0 Å². The maximum Gasteiger partial charge on any atom is 0.501 e. The van der Waals surface area contributed by atoms with Crippen molar-refractivity contribution >= 4 is 21.4 Å². The van der Waals surface area contributed by atoms with Crippen LogP contribution in [0, 0.1) is 0 Å². The van der Waals surface area contributed by atoms with Gasteiger partial charge >= 0.3 is 8.80 Å². The zero-order chi connectivity index (χ0) is 13.7. The smallest absolute Gasteiger partial charge is 0.501 e. The molecule has 0 aliphatic heterocycles. The van der Waals surface area contributed by atoms with Crippen molar-refractivity contribution in [3.8, 4) is 0 Å². The second kappa shape index (κ2) is 12.0. The van der Waals surface area contributed by atoms with Crippen molar-refractivity contribution in [2.24, 2.45) is 0 Å². The lowest BCUT2D eigenvalue weighted by atomic mass is 10.5. The second-order valence-electron chi connectivity index (χ2n) is 3.51. The van der Waals surface area contributed by atoms with Gasteiger partial charge in [0.05, 0.1) is 12.9 Å². The number of ether oxygens (including phenoxy) is 1. The third kappa shape index (κ3) is 8.15. The molecule has 0 fully saturated rings. The Morgan fingerprint density at radius 1 is 1.00 bits per heavy atom. The largest absolute Gasteiger partial charge is 0.502 e. The van der Waals surface area contributed by atoms with Crippen LogP contribution in [0.25, 0.3) is 0 Å². The normalized spacial score (nSPS) is 12.2. The molecule has 0 unspecified atom stereocenters. The molecular formula is C12H26O4SSi. The number of thiol groups is 1. The molecule has 0 bridgehead atoms. The molecule has 0 saturated heterocycles. The molecule has 6 heteroatoms. The summed E-state index contributed by atoms with van der Waals surface area (Å²) < 4.78 is 22.6. The van der Waals surface area contributed by atoms with Gasteiger partial charge in [-0.05, 0) is 33.3 Å². The van der Waals surface area contributed by atoms with Crippen LogP contribution >= 0.6 is 12.6 Å². The summed E-state index contributed by atoms with van der Waals surface area (Å²) in [5, 5.41) is 0. The van der Waals surface area contributed by atoms with Gasteiger partial charge in [-0.15, -0.1) is 0 Å². The summed E-state index contributed by atoms with van der Waals surface area (Å²) in [7, 11) is -2.48. The molecule has 0 heterocycles. The van der Waals surface area contributed by atoms with Crippen molar-refractivity contribution in [1.82, 2.24) is 0 Å². The monoisotopic (exact) mass is 294 g/mol. The Balaban J connectivity index is 4.08. The topological polar surface area (TPSA) is 36.9 Å². The fourth-order valence-corrected chi connectivity index (χ4v) is 4.22. The van der Waals surface area contributed by atoms with Crippen molar-refractivity contribution in [2.45, 2.75) is 33.2 Å². The minimum atomic E-state index is -2.48. The average Bonchev–Trinajstić information content (AvgIpc) is 2.35. The van der Waals surface area contributed by atoms with Gasteiger partial charge < -0.3 is 18.0 Å². The van der Waals surface area contributed by atoms with E-state index in [1.807, 2.05) is 26.8 Å². The maximum absolute atomic E-state index is 5.75. The van der Waals surface area contributed by atoms with E-state index in [4.69, 9.17) is 18.0 Å². The molecule has 0 aromatic carbocycles. The van der Waals surface area contributed by atoms with Crippen LogP contribution < -0.4 is 0 Å². The average molecular weight is 294 g/mol. The van der Waals surface area contributed by atoms with Gasteiger partial charge in [-0.2, -0.15) is 12.6 Å². The Hall–Kier alpha value is -0.0131. The van der Waals surface area contributed by atoms with Crippen LogP contribution in [0.3, 0.4) is 0 Å². The number of rotatable bonds is 12. The van der Waals surface area contributed by atoms with Gasteiger partial charge in [0, 0.05) is 31.6 Å². The Kier molecular flexibility index (Phi) is 12.0. The molecule has 0 aliphatic rings. The zero-order valence-corrected chi connectivity index (χ0v) is 13.6. The van der Waals surface area contributed by atoms with E-state index in [-0.39, 0.29) is 0 Å². The maximum atomic E-state index is 5.75. The molecule has 0 aromatic rings. The van der Waals surface area contributed by atoms with Crippen molar-refractivity contribution in [1.29, 1.82) is 0 Å². The predicted molar refractivity (Wildman–Crippen MR) is 79.0 cm³/mol. The van der Waals surface area contributed by atoms with E-state index in [0.29, 0.717) is 32.2 Å². The molecule has 0 atom stereocenters. The first-order chi connectivity index (χ1) is 8.74. The summed E-state index contributed by atoms with van der Waals surface area (Å²) in [6, 6.07) is 0.789. The van der Waals surface area contributed by atoms with Gasteiger partial charge in [-0.25, -0.2) is 0 Å². The van der Waals surface area contributed by atoms with Crippen molar-refractivity contribution < 1.29 is 18.0 Å². The standard InChI is InChI=1S/C12H26O4SSi/c1-4-14-18(15-5-2,16-6-3)12-8-10-13-9-7-11-17/h7,9,17H,4-6,8,10-12H2,1-3H3. The zero-order valence-electron chi connectivity index (χ0n) is 11.7. The van der Waals surface area contributed by atoms with Gasteiger partial charge in [0.1, 0.15) is 0 Å². The molecule has 0 aromatic heterocycles. The molecule has 0 N–H and O–H groups in total. The fourth-order valence-electron chi connectivity index (χ4n) is 1.55. The van der Waals surface area contributed by atoms with E-state index >= 15 is 0 Å². The van der Waals surface area contributed by atoms with Crippen LogP contribution in [-0.2, 0) is 18.0 Å². The first kappa shape index (κ1) is 18.0. The molecule has 0 spiro atoms. The first-order valence-electron chi connectivity index (χ1n) is 6.54. The van der Waals surface area contributed by atoms with Gasteiger partial charge in [0.25, 0.3) is 0 Å². The third-order valence-corrected chi connectivity index (χ3v) is 5.50. The second-order valence-corrected chi connectivity index (χ2v) is 6.61. The predicted octanol–water partition coefficient (Wildman–Crippen LogP) is 2.89. The summed E-state index contributed by atoms with van der Waals surface area (Å²) in [6.45, 7) is 8.39. The first-order valence-corrected chi connectivity index (χ1v) is 9.10. The molecule has 0 rings (SSSR count). The van der Waals surface area contributed by atoms with Crippen LogP contribution in [0.5, 0.6) is 0 Å². The van der Waals surface area contributed by atoms with E-state index in [0.717, 1.165) is 12.5 Å². The summed E-state index contributed by atoms with van der Waals surface area (Å²) in [5.41, 5.74) is 0. The molecule has 108 valence electrons. The fraction of sp³-hybridized carbons (Fsp3) is 0.833. The highest BCUT2D eigenvalue weighted by molar-refractivity contribution is 7.80. The molecule has 0 amide bonds. The Labute approximate surface area is 117 Å². The quantitative estimate of drug-likeness (QED) is 0.260. The van der Waals surface area contributed by atoms with Crippen LogP contribution in [0.4, 0.5) is 0 Å². The van der Waals surface area contributed by atoms with Crippen LogP contribution in [-0.4, -0.2) is 41.0 Å². The minimum absolute atomic E-state index is 0.618. The molecule has 0 aliphatic carbocycles. The van der Waals surface area contributed by atoms with Gasteiger partial charge in [-0.1, -0.05) is 0 Å². The number of hydrogen-bond acceptors (Lipinski definition) is 5. The lowest BCUT2D eigenvalue weighted by Gasteiger charge is -2.28. The van der Waals surface area contributed by atoms with Crippen LogP contribution in [0.1, 0.15) is 27.2 Å². The van der Waals surface area contributed by atoms with Gasteiger partial charge in [0.2, 0.25) is 0 Å². The minimum Gasteiger partial charge on any atom is -0.502 e. The SMILES string of the molecule is CCO[Si](CCCOC=CCS)(OCC)OCC. The van der Waals surface area contributed by atoms with E-state index in [1.54, 1.807) is 6.26 Å². The highest BCUT2D eigenvalue weighted by Gasteiger charge is 2.39. The van der Waals surface area contributed by atoms with Gasteiger partial charge in [-0.3, -0.25) is 0 Å². The van der Waals surface area contributed by atoms with Crippen LogP contribution in [0.2, 0.25) is 6.04 Å². The summed E-state index contributed by atoms with van der Waals surface area (Å²) in [4.78, 5) is 0. The molecule has 18 heavy (non-hydrogen) atoms.